The van der Waals surface area contributed by atoms with E-state index in [1.54, 1.807) is 17.0 Å². The quantitative estimate of drug-likeness (QED) is 0.758. The van der Waals surface area contributed by atoms with Gasteiger partial charge in [0.1, 0.15) is 0 Å². The van der Waals surface area contributed by atoms with E-state index in [4.69, 9.17) is 0 Å². The smallest absolute Gasteiger partial charge is 0.299 e. The van der Waals surface area contributed by atoms with Crippen LogP contribution < -0.4 is 5.69 Å². The molecule has 2 aromatic rings. The summed E-state index contributed by atoms with van der Waals surface area (Å²) in [6.07, 6.45) is 5.26. The molecule has 0 atom stereocenters. The van der Waals surface area contributed by atoms with Crippen molar-refractivity contribution >= 4 is 5.78 Å². The number of aryl methyl sites for hydroxylation is 2. The van der Waals surface area contributed by atoms with Crippen LogP contribution in [0.1, 0.15) is 36.2 Å². The van der Waals surface area contributed by atoms with Gasteiger partial charge in [-0.1, -0.05) is 38.1 Å². The first kappa shape index (κ1) is 14.3. The van der Waals surface area contributed by atoms with Crippen molar-refractivity contribution in [2.75, 3.05) is 0 Å². The molecule has 0 fully saturated rings. The predicted octanol–water partition coefficient (Wildman–Crippen LogP) is 2.51. The van der Waals surface area contributed by atoms with E-state index >= 15 is 0 Å². The molecular formula is C16H20N2O2. The van der Waals surface area contributed by atoms with Gasteiger partial charge in [-0.3, -0.25) is 13.9 Å². The minimum absolute atomic E-state index is 0.0380. The number of carbonyl (C=O) groups is 1. The van der Waals surface area contributed by atoms with Crippen molar-refractivity contribution in [1.29, 1.82) is 0 Å². The van der Waals surface area contributed by atoms with E-state index in [0.29, 0.717) is 12.1 Å². The van der Waals surface area contributed by atoms with Gasteiger partial charge in [-0.2, -0.15) is 0 Å². The van der Waals surface area contributed by atoms with Crippen molar-refractivity contribution in [3.05, 3.63) is 58.3 Å². The molecule has 0 aliphatic carbocycles. The highest BCUT2D eigenvalue weighted by Crippen LogP contribution is 2.06. The number of hydrogen-bond donors (Lipinski definition) is 0. The molecule has 4 nitrogen and oxygen atoms in total. The fraction of sp³-hybridized carbons (Fsp3) is 0.375. The molecule has 0 aliphatic heterocycles. The summed E-state index contributed by atoms with van der Waals surface area (Å²) >= 11 is 0. The summed E-state index contributed by atoms with van der Waals surface area (Å²) in [5.74, 6) is -0.0380. The van der Waals surface area contributed by atoms with Crippen molar-refractivity contribution in [2.24, 2.45) is 0 Å². The zero-order chi connectivity index (χ0) is 14.5. The maximum atomic E-state index is 12.2. The molecule has 0 spiro atoms. The summed E-state index contributed by atoms with van der Waals surface area (Å²) in [4.78, 5) is 24.2. The van der Waals surface area contributed by atoms with E-state index in [9.17, 15) is 9.59 Å². The van der Waals surface area contributed by atoms with Crippen molar-refractivity contribution in [1.82, 2.24) is 9.13 Å². The third kappa shape index (κ3) is 3.07. The maximum absolute atomic E-state index is 12.2. The number of hydrogen-bond acceptors (Lipinski definition) is 2. The Labute approximate surface area is 118 Å². The lowest BCUT2D eigenvalue weighted by Gasteiger charge is -2.03. The summed E-state index contributed by atoms with van der Waals surface area (Å²) in [5.41, 5.74) is 1.73. The van der Waals surface area contributed by atoms with E-state index in [0.717, 1.165) is 12.8 Å². The number of rotatable bonds is 6. The summed E-state index contributed by atoms with van der Waals surface area (Å²) in [5, 5.41) is 0. The average Bonchev–Trinajstić information content (AvgIpc) is 2.81. The molecule has 1 heterocycles. The van der Waals surface area contributed by atoms with Gasteiger partial charge in [-0.05, 0) is 18.4 Å². The Kier molecular flexibility index (Phi) is 4.56. The number of benzene rings is 1. The van der Waals surface area contributed by atoms with Gasteiger partial charge < -0.3 is 0 Å². The summed E-state index contributed by atoms with van der Waals surface area (Å²) in [6, 6.07) is 7.57. The van der Waals surface area contributed by atoms with E-state index in [2.05, 4.69) is 6.92 Å². The Balaban J connectivity index is 2.12. The summed E-state index contributed by atoms with van der Waals surface area (Å²) in [6.45, 7) is 4.88. The van der Waals surface area contributed by atoms with Gasteiger partial charge in [0.2, 0.25) is 0 Å². The van der Waals surface area contributed by atoms with Gasteiger partial charge in [0, 0.05) is 24.5 Å². The van der Waals surface area contributed by atoms with Gasteiger partial charge in [-0.25, -0.2) is 4.79 Å². The van der Waals surface area contributed by atoms with E-state index in [1.165, 1.54) is 10.1 Å². The van der Waals surface area contributed by atoms with E-state index in [1.807, 2.05) is 31.2 Å². The van der Waals surface area contributed by atoms with Crippen molar-refractivity contribution in [3.8, 4) is 0 Å². The predicted molar refractivity (Wildman–Crippen MR) is 79.1 cm³/mol. The first-order valence-corrected chi connectivity index (χ1v) is 7.03. The Hall–Kier alpha value is -2.10. The first-order chi connectivity index (χ1) is 9.65. The van der Waals surface area contributed by atoms with Gasteiger partial charge in [0.15, 0.2) is 5.78 Å². The first-order valence-electron chi connectivity index (χ1n) is 7.03. The molecule has 1 aromatic carbocycles. The van der Waals surface area contributed by atoms with Crippen LogP contribution in [0.4, 0.5) is 0 Å². The third-order valence-electron chi connectivity index (χ3n) is 3.38. The zero-order valence-electron chi connectivity index (χ0n) is 12.0. The van der Waals surface area contributed by atoms with Crippen LogP contribution >= 0.6 is 0 Å². The van der Waals surface area contributed by atoms with Crippen molar-refractivity contribution in [3.63, 3.8) is 0 Å². The van der Waals surface area contributed by atoms with Crippen LogP contribution in [0, 0.1) is 0 Å². The van der Waals surface area contributed by atoms with Gasteiger partial charge in [0.05, 0.1) is 6.54 Å². The number of Topliss-reactive ketones (excluding diaryl/α,β-unsaturated/α-hetero) is 1. The Morgan fingerprint density at radius 3 is 2.30 bits per heavy atom. The molecule has 106 valence electrons. The van der Waals surface area contributed by atoms with E-state index in [-0.39, 0.29) is 18.0 Å². The van der Waals surface area contributed by atoms with Crippen molar-refractivity contribution < 1.29 is 4.79 Å². The highest BCUT2D eigenvalue weighted by Gasteiger charge is 2.09. The number of imidazole rings is 1. The fourth-order valence-electron chi connectivity index (χ4n) is 2.16. The lowest BCUT2D eigenvalue weighted by Crippen LogP contribution is -2.26. The zero-order valence-corrected chi connectivity index (χ0v) is 12.0. The number of aromatic nitrogens is 2. The third-order valence-corrected chi connectivity index (χ3v) is 3.38. The van der Waals surface area contributed by atoms with Gasteiger partial charge in [0.25, 0.3) is 0 Å². The maximum Gasteiger partial charge on any atom is 0.328 e. The monoisotopic (exact) mass is 272 g/mol. The van der Waals surface area contributed by atoms with E-state index < -0.39 is 0 Å². The van der Waals surface area contributed by atoms with Crippen LogP contribution in [0.5, 0.6) is 0 Å². The molecule has 0 aliphatic rings. The number of nitrogens with zero attached hydrogens (tertiary/aromatic N) is 2. The second kappa shape index (κ2) is 6.37. The van der Waals surface area contributed by atoms with Crippen molar-refractivity contribution in [2.45, 2.75) is 39.8 Å². The lowest BCUT2D eigenvalue weighted by atomic mass is 10.1. The summed E-state index contributed by atoms with van der Waals surface area (Å²) < 4.78 is 3.10. The largest absolute Gasteiger partial charge is 0.328 e. The second-order valence-corrected chi connectivity index (χ2v) is 4.88. The molecule has 0 amide bonds. The normalized spacial score (nSPS) is 10.7. The van der Waals surface area contributed by atoms with Crippen LogP contribution in [-0.2, 0) is 19.5 Å². The highest BCUT2D eigenvalue weighted by atomic mass is 16.2. The molecule has 4 heteroatoms. The van der Waals surface area contributed by atoms with Gasteiger partial charge in [-0.15, -0.1) is 0 Å². The molecule has 20 heavy (non-hydrogen) atoms. The number of carbonyl (C=O) groups excluding carboxylic acids is 1. The van der Waals surface area contributed by atoms with Crippen LogP contribution in [-0.4, -0.2) is 14.9 Å². The molecule has 0 saturated heterocycles. The second-order valence-electron chi connectivity index (χ2n) is 4.88. The topological polar surface area (TPSA) is 44.0 Å². The highest BCUT2D eigenvalue weighted by molar-refractivity contribution is 5.95. The van der Waals surface area contributed by atoms with Crippen LogP contribution in [0.15, 0.2) is 41.5 Å². The average molecular weight is 272 g/mol. The molecule has 0 N–H and O–H groups in total. The lowest BCUT2D eigenvalue weighted by molar-refractivity contribution is 0.0970. The minimum Gasteiger partial charge on any atom is -0.299 e. The van der Waals surface area contributed by atoms with Gasteiger partial charge >= 0.3 is 5.69 Å². The summed E-state index contributed by atoms with van der Waals surface area (Å²) in [7, 11) is 0. The fourth-order valence-corrected chi connectivity index (χ4v) is 2.16. The SMILES string of the molecule is CCCn1ccn(CC(=O)c2ccc(CC)cc2)c1=O. The molecule has 1 aromatic heterocycles. The standard InChI is InChI=1S/C16H20N2O2/c1-3-9-17-10-11-18(16(17)20)12-15(19)14-7-5-13(4-2)6-8-14/h5-8,10-11H,3-4,9,12H2,1-2H3. The number of ketones is 1. The molecule has 0 radical (unpaired) electrons. The molecule has 0 bridgehead atoms. The Morgan fingerprint density at radius 1 is 1.05 bits per heavy atom. The minimum atomic E-state index is -0.120. The van der Waals surface area contributed by atoms with Crippen LogP contribution in [0.25, 0.3) is 0 Å². The molecule has 0 unspecified atom stereocenters. The Morgan fingerprint density at radius 2 is 1.70 bits per heavy atom. The molecule has 0 saturated carbocycles. The van der Waals surface area contributed by atoms with Crippen LogP contribution in [0.2, 0.25) is 0 Å². The Bertz CT molecular complexity index is 635. The van der Waals surface area contributed by atoms with Crippen LogP contribution in [0.3, 0.4) is 0 Å². The molecule has 2 rings (SSSR count). The molecular weight excluding hydrogens is 252 g/mol.